The molecule has 3 heteroatoms. The van der Waals surface area contributed by atoms with E-state index < -0.39 is 5.60 Å². The van der Waals surface area contributed by atoms with E-state index in [1.165, 1.54) is 0 Å². The Balaban J connectivity index is 2.12. The Morgan fingerprint density at radius 3 is 2.80 bits per heavy atom. The minimum atomic E-state index is -0.601. The lowest BCUT2D eigenvalue weighted by Gasteiger charge is -2.40. The highest BCUT2D eigenvalue weighted by atomic mass is 16.6. The standard InChI is InChI=1S/C12H18O3/c1-4-14-12-7-15-11(3)8(12)5-6-10(11,2)9(12)13/h8H,4-7H2,1-3H3/t8-,10+,11-,12+/m0/s1. The van der Waals surface area contributed by atoms with E-state index in [0.717, 1.165) is 12.8 Å². The van der Waals surface area contributed by atoms with Gasteiger partial charge in [-0.2, -0.15) is 0 Å². The highest BCUT2D eigenvalue weighted by molar-refractivity contribution is 5.99. The zero-order chi connectivity index (χ0) is 10.9. The van der Waals surface area contributed by atoms with Gasteiger partial charge in [-0.3, -0.25) is 4.79 Å². The largest absolute Gasteiger partial charge is 0.370 e. The van der Waals surface area contributed by atoms with Crippen molar-refractivity contribution in [3.63, 3.8) is 0 Å². The van der Waals surface area contributed by atoms with Crippen LogP contribution in [0.25, 0.3) is 0 Å². The molecule has 3 aliphatic rings. The summed E-state index contributed by atoms with van der Waals surface area (Å²) in [6, 6.07) is 0. The van der Waals surface area contributed by atoms with E-state index in [2.05, 4.69) is 13.8 Å². The molecule has 0 unspecified atom stereocenters. The summed E-state index contributed by atoms with van der Waals surface area (Å²) in [7, 11) is 0. The first-order valence-electron chi connectivity index (χ1n) is 5.84. The second-order valence-corrected chi connectivity index (χ2v) is 5.47. The monoisotopic (exact) mass is 210 g/mol. The lowest BCUT2D eigenvalue weighted by molar-refractivity contribution is -0.173. The molecule has 4 bridgehead atoms. The molecule has 4 atom stereocenters. The van der Waals surface area contributed by atoms with Crippen molar-refractivity contribution in [1.29, 1.82) is 0 Å². The van der Waals surface area contributed by atoms with Gasteiger partial charge in [0.05, 0.1) is 17.6 Å². The van der Waals surface area contributed by atoms with Gasteiger partial charge in [0.25, 0.3) is 0 Å². The molecule has 84 valence electrons. The second kappa shape index (κ2) is 2.46. The summed E-state index contributed by atoms with van der Waals surface area (Å²) in [6.07, 6.45) is 2.03. The predicted molar refractivity (Wildman–Crippen MR) is 54.6 cm³/mol. The van der Waals surface area contributed by atoms with Gasteiger partial charge < -0.3 is 9.47 Å². The van der Waals surface area contributed by atoms with Gasteiger partial charge in [-0.25, -0.2) is 0 Å². The number of Topliss-reactive ketones (excluding diaryl/α,β-unsaturated/α-hetero) is 1. The first kappa shape index (κ1) is 9.79. The molecular weight excluding hydrogens is 192 g/mol. The maximum Gasteiger partial charge on any atom is 0.176 e. The smallest absolute Gasteiger partial charge is 0.176 e. The molecule has 0 spiro atoms. The average Bonchev–Trinajstić information content (AvgIpc) is 2.67. The van der Waals surface area contributed by atoms with Crippen LogP contribution in [0.2, 0.25) is 0 Å². The van der Waals surface area contributed by atoms with Gasteiger partial charge in [0.2, 0.25) is 0 Å². The van der Waals surface area contributed by atoms with E-state index in [0.29, 0.717) is 19.0 Å². The fourth-order valence-corrected chi connectivity index (χ4v) is 4.13. The number of hydrogen-bond donors (Lipinski definition) is 0. The highest BCUT2D eigenvalue weighted by Crippen LogP contribution is 2.68. The molecule has 2 saturated carbocycles. The topological polar surface area (TPSA) is 35.5 Å². The van der Waals surface area contributed by atoms with Crippen molar-refractivity contribution in [3.05, 3.63) is 0 Å². The number of carbonyl (C=O) groups is 1. The molecule has 1 aliphatic heterocycles. The molecule has 15 heavy (non-hydrogen) atoms. The number of hydrogen-bond acceptors (Lipinski definition) is 3. The molecule has 1 saturated heterocycles. The highest BCUT2D eigenvalue weighted by Gasteiger charge is 2.80. The number of rotatable bonds is 2. The molecule has 1 heterocycles. The van der Waals surface area contributed by atoms with Crippen molar-refractivity contribution < 1.29 is 14.3 Å². The molecule has 0 aromatic rings. The minimum Gasteiger partial charge on any atom is -0.370 e. The number of carbonyl (C=O) groups excluding carboxylic acids is 1. The third kappa shape index (κ3) is 0.742. The fraction of sp³-hybridized carbons (Fsp3) is 0.917. The van der Waals surface area contributed by atoms with E-state index in [-0.39, 0.29) is 16.9 Å². The number of ketones is 1. The van der Waals surface area contributed by atoms with Crippen LogP contribution in [-0.2, 0) is 14.3 Å². The van der Waals surface area contributed by atoms with Crippen molar-refractivity contribution in [1.82, 2.24) is 0 Å². The molecule has 3 nitrogen and oxygen atoms in total. The zero-order valence-electron chi connectivity index (χ0n) is 9.63. The van der Waals surface area contributed by atoms with Crippen LogP contribution in [0.15, 0.2) is 0 Å². The molecule has 0 aromatic carbocycles. The molecule has 3 fully saturated rings. The van der Waals surface area contributed by atoms with Gasteiger partial charge in [-0.15, -0.1) is 0 Å². The maximum atomic E-state index is 12.5. The molecule has 0 aromatic heterocycles. The Hall–Kier alpha value is -0.410. The quantitative estimate of drug-likeness (QED) is 0.693. The van der Waals surface area contributed by atoms with Crippen molar-refractivity contribution in [2.75, 3.05) is 13.2 Å². The molecule has 0 amide bonds. The van der Waals surface area contributed by atoms with Crippen LogP contribution in [0.5, 0.6) is 0 Å². The minimum absolute atomic E-state index is 0.265. The lowest BCUT2D eigenvalue weighted by Crippen LogP contribution is -2.54. The molecule has 0 N–H and O–H groups in total. The van der Waals surface area contributed by atoms with Gasteiger partial charge in [-0.05, 0) is 33.6 Å². The van der Waals surface area contributed by atoms with Gasteiger partial charge >= 0.3 is 0 Å². The van der Waals surface area contributed by atoms with E-state index in [1.54, 1.807) is 0 Å². The van der Waals surface area contributed by atoms with Crippen LogP contribution in [0.3, 0.4) is 0 Å². The zero-order valence-corrected chi connectivity index (χ0v) is 9.63. The van der Waals surface area contributed by atoms with Crippen LogP contribution < -0.4 is 0 Å². The van der Waals surface area contributed by atoms with Crippen LogP contribution >= 0.6 is 0 Å². The second-order valence-electron chi connectivity index (χ2n) is 5.47. The Bertz CT molecular complexity index is 336. The summed E-state index contributed by atoms with van der Waals surface area (Å²) in [6.45, 7) is 7.16. The summed E-state index contributed by atoms with van der Waals surface area (Å²) in [5.41, 5.74) is -1.17. The van der Waals surface area contributed by atoms with E-state index in [1.807, 2.05) is 6.92 Å². The lowest BCUT2D eigenvalue weighted by atomic mass is 9.74. The summed E-state index contributed by atoms with van der Waals surface area (Å²) in [4.78, 5) is 12.5. The predicted octanol–water partition coefficient (Wildman–Crippen LogP) is 1.55. The summed E-state index contributed by atoms with van der Waals surface area (Å²) < 4.78 is 11.7. The molecule has 3 rings (SSSR count). The van der Waals surface area contributed by atoms with Gasteiger partial charge in [0.15, 0.2) is 11.4 Å². The fourth-order valence-electron chi connectivity index (χ4n) is 4.13. The molecule has 2 aliphatic carbocycles. The SMILES string of the molecule is CCO[C@]12CO[C@@]3(C)[C@@H]1CC[C@]3(C)C2=O. The van der Waals surface area contributed by atoms with E-state index in [9.17, 15) is 4.79 Å². The molecular formula is C12H18O3. The van der Waals surface area contributed by atoms with Crippen LogP contribution in [0.1, 0.15) is 33.6 Å². The van der Waals surface area contributed by atoms with Gasteiger partial charge in [-0.1, -0.05) is 0 Å². The summed E-state index contributed by atoms with van der Waals surface area (Å²) in [5.74, 6) is 0.573. The Kier molecular flexibility index (Phi) is 1.61. The van der Waals surface area contributed by atoms with Crippen molar-refractivity contribution in [2.24, 2.45) is 11.3 Å². The Morgan fingerprint density at radius 1 is 1.53 bits per heavy atom. The maximum absolute atomic E-state index is 12.5. The van der Waals surface area contributed by atoms with Crippen LogP contribution in [0, 0.1) is 11.3 Å². The van der Waals surface area contributed by atoms with Crippen LogP contribution in [0.4, 0.5) is 0 Å². The Labute approximate surface area is 90.1 Å². The molecule has 0 radical (unpaired) electrons. The third-order valence-corrected chi connectivity index (χ3v) is 5.13. The van der Waals surface area contributed by atoms with Crippen molar-refractivity contribution in [3.8, 4) is 0 Å². The van der Waals surface area contributed by atoms with Crippen LogP contribution in [-0.4, -0.2) is 30.2 Å². The van der Waals surface area contributed by atoms with Crippen molar-refractivity contribution >= 4 is 5.78 Å². The summed E-state index contributed by atoms with van der Waals surface area (Å²) >= 11 is 0. The summed E-state index contributed by atoms with van der Waals surface area (Å²) in [5, 5.41) is 0. The first-order valence-corrected chi connectivity index (χ1v) is 5.84. The van der Waals surface area contributed by atoms with Crippen molar-refractivity contribution in [2.45, 2.75) is 44.8 Å². The normalized spacial score (nSPS) is 56.7. The number of ether oxygens (including phenoxy) is 2. The average molecular weight is 210 g/mol. The Morgan fingerprint density at radius 2 is 2.27 bits per heavy atom. The van der Waals surface area contributed by atoms with Gasteiger partial charge in [0.1, 0.15) is 0 Å². The van der Waals surface area contributed by atoms with E-state index in [4.69, 9.17) is 9.47 Å². The third-order valence-electron chi connectivity index (χ3n) is 5.13. The van der Waals surface area contributed by atoms with Gasteiger partial charge in [0, 0.05) is 12.5 Å². The first-order chi connectivity index (χ1) is 7.01. The van der Waals surface area contributed by atoms with E-state index >= 15 is 0 Å².